The summed E-state index contributed by atoms with van der Waals surface area (Å²) in [5, 5.41) is 10.7. The molecule has 0 saturated heterocycles. The largest absolute Gasteiger partial charge is 0.360 e. The molecular weight excluding hydrogens is 335 g/mol. The van der Waals surface area contributed by atoms with E-state index in [1.54, 1.807) is 23.9 Å². The number of nitrogens with zero attached hydrogens (tertiary/aromatic N) is 3. The van der Waals surface area contributed by atoms with E-state index in [9.17, 15) is 4.39 Å². The van der Waals surface area contributed by atoms with E-state index < -0.39 is 0 Å². The summed E-state index contributed by atoms with van der Waals surface area (Å²) in [6, 6.07) is 14.8. The molecule has 2 heterocycles. The lowest BCUT2D eigenvalue weighted by Crippen LogP contribution is -1.99. The summed E-state index contributed by atoms with van der Waals surface area (Å²) >= 11 is 1.57. The highest BCUT2D eigenvalue weighted by Gasteiger charge is 2.16. The number of nitrogens with one attached hydrogen (secondary N) is 1. The summed E-state index contributed by atoms with van der Waals surface area (Å²) in [6.45, 7) is 2.85. The van der Waals surface area contributed by atoms with Gasteiger partial charge in [0.25, 0.3) is 0 Å². The molecule has 0 atom stereocenters. The van der Waals surface area contributed by atoms with Crippen molar-refractivity contribution < 1.29 is 4.39 Å². The summed E-state index contributed by atoms with van der Waals surface area (Å²) in [5.74, 6) is 1.29. The van der Waals surface area contributed by atoms with Crippen molar-refractivity contribution in [2.75, 3.05) is 0 Å². The lowest BCUT2D eigenvalue weighted by atomic mass is 10.1. The molecule has 4 rings (SSSR count). The van der Waals surface area contributed by atoms with Gasteiger partial charge in [0.2, 0.25) is 0 Å². The van der Waals surface area contributed by atoms with Gasteiger partial charge in [-0.25, -0.2) is 4.39 Å². The molecule has 0 saturated carbocycles. The quantitative estimate of drug-likeness (QED) is 0.521. The molecule has 0 unspecified atom stereocenters. The minimum atomic E-state index is -0.213. The second-order valence-electron chi connectivity index (χ2n) is 5.72. The number of aromatic nitrogens is 4. The minimum absolute atomic E-state index is 0.213. The number of para-hydroxylation sites is 1. The van der Waals surface area contributed by atoms with Crippen LogP contribution in [0, 0.1) is 5.82 Å². The van der Waals surface area contributed by atoms with Crippen LogP contribution in [-0.4, -0.2) is 19.7 Å². The van der Waals surface area contributed by atoms with Crippen LogP contribution in [0.2, 0.25) is 0 Å². The van der Waals surface area contributed by atoms with Crippen molar-refractivity contribution >= 4 is 22.7 Å². The van der Waals surface area contributed by atoms with Crippen molar-refractivity contribution in [3.63, 3.8) is 0 Å². The van der Waals surface area contributed by atoms with Gasteiger partial charge in [0.15, 0.2) is 11.0 Å². The zero-order valence-corrected chi connectivity index (χ0v) is 14.6. The zero-order chi connectivity index (χ0) is 17.2. The standard InChI is InChI=1S/C19H17FN4S/c1-2-24-18(16-11-21-17-9-4-3-8-15(16)17)22-23-19(24)25-12-13-6-5-7-14(20)10-13/h3-11,21H,2,12H2,1H3. The topological polar surface area (TPSA) is 46.5 Å². The van der Waals surface area contributed by atoms with Crippen LogP contribution < -0.4 is 0 Å². The molecule has 2 aromatic heterocycles. The summed E-state index contributed by atoms with van der Waals surface area (Å²) < 4.78 is 15.4. The Bertz CT molecular complexity index is 1020. The summed E-state index contributed by atoms with van der Waals surface area (Å²) in [7, 11) is 0. The smallest absolute Gasteiger partial charge is 0.191 e. The summed E-state index contributed by atoms with van der Waals surface area (Å²) in [5.41, 5.74) is 3.06. The van der Waals surface area contributed by atoms with Crippen LogP contribution in [0.3, 0.4) is 0 Å². The molecule has 4 nitrogen and oxygen atoms in total. The molecule has 6 heteroatoms. The van der Waals surface area contributed by atoms with E-state index in [4.69, 9.17) is 0 Å². The van der Waals surface area contributed by atoms with Crippen LogP contribution in [0.25, 0.3) is 22.3 Å². The van der Waals surface area contributed by atoms with Gasteiger partial charge in [0, 0.05) is 35.0 Å². The Hall–Kier alpha value is -2.60. The normalized spacial score (nSPS) is 11.3. The number of hydrogen-bond acceptors (Lipinski definition) is 3. The predicted molar refractivity (Wildman–Crippen MR) is 98.9 cm³/mol. The van der Waals surface area contributed by atoms with Gasteiger partial charge in [-0.05, 0) is 30.7 Å². The van der Waals surface area contributed by atoms with Gasteiger partial charge in [-0.1, -0.05) is 42.1 Å². The lowest BCUT2D eigenvalue weighted by Gasteiger charge is -2.07. The van der Waals surface area contributed by atoms with Crippen molar-refractivity contribution in [3.8, 4) is 11.4 Å². The maximum absolute atomic E-state index is 13.3. The molecule has 0 aliphatic carbocycles. The number of fused-ring (bicyclic) bond motifs is 1. The lowest BCUT2D eigenvalue weighted by molar-refractivity contribution is 0.626. The first-order valence-electron chi connectivity index (χ1n) is 8.13. The van der Waals surface area contributed by atoms with E-state index in [1.165, 1.54) is 6.07 Å². The predicted octanol–water partition coefficient (Wildman–Crippen LogP) is 4.88. The van der Waals surface area contributed by atoms with Crippen molar-refractivity contribution in [1.29, 1.82) is 0 Å². The fourth-order valence-corrected chi connectivity index (χ4v) is 3.86. The Balaban J connectivity index is 1.65. The Morgan fingerprint density at radius 1 is 1.12 bits per heavy atom. The van der Waals surface area contributed by atoms with Crippen LogP contribution in [0.15, 0.2) is 59.9 Å². The average Bonchev–Trinajstić information content (AvgIpc) is 3.23. The van der Waals surface area contributed by atoms with Crippen molar-refractivity contribution in [2.45, 2.75) is 24.4 Å². The second-order valence-corrected chi connectivity index (χ2v) is 6.66. The number of hydrogen-bond donors (Lipinski definition) is 1. The third-order valence-electron chi connectivity index (χ3n) is 4.12. The molecule has 0 amide bonds. The molecule has 0 fully saturated rings. The van der Waals surface area contributed by atoms with Gasteiger partial charge in [-0.2, -0.15) is 0 Å². The average molecular weight is 352 g/mol. The Kier molecular flexibility index (Phi) is 4.28. The third kappa shape index (κ3) is 3.05. The first-order chi connectivity index (χ1) is 12.3. The summed E-state index contributed by atoms with van der Waals surface area (Å²) in [6.07, 6.45) is 1.97. The number of benzene rings is 2. The fraction of sp³-hybridized carbons (Fsp3) is 0.158. The van der Waals surface area contributed by atoms with E-state index in [2.05, 4.69) is 32.7 Å². The van der Waals surface area contributed by atoms with Crippen LogP contribution in [0.4, 0.5) is 4.39 Å². The maximum Gasteiger partial charge on any atom is 0.191 e. The second kappa shape index (κ2) is 6.72. The molecule has 0 aliphatic heterocycles. The van der Waals surface area contributed by atoms with Crippen molar-refractivity contribution in [1.82, 2.24) is 19.7 Å². The highest BCUT2D eigenvalue weighted by molar-refractivity contribution is 7.98. The van der Waals surface area contributed by atoms with Crippen molar-refractivity contribution in [2.24, 2.45) is 0 Å². The van der Waals surface area contributed by atoms with E-state index in [1.807, 2.05) is 30.5 Å². The van der Waals surface area contributed by atoms with Crippen LogP contribution >= 0.6 is 11.8 Å². The molecule has 0 aliphatic rings. The fourth-order valence-electron chi connectivity index (χ4n) is 2.91. The van der Waals surface area contributed by atoms with Gasteiger partial charge >= 0.3 is 0 Å². The highest BCUT2D eigenvalue weighted by atomic mass is 32.2. The van der Waals surface area contributed by atoms with Gasteiger partial charge in [-0.15, -0.1) is 10.2 Å². The van der Waals surface area contributed by atoms with E-state index >= 15 is 0 Å². The molecule has 126 valence electrons. The van der Waals surface area contributed by atoms with Gasteiger partial charge in [0.1, 0.15) is 5.82 Å². The highest BCUT2D eigenvalue weighted by Crippen LogP contribution is 2.30. The van der Waals surface area contributed by atoms with E-state index in [-0.39, 0.29) is 5.82 Å². The number of aromatic amines is 1. The number of halogens is 1. The Labute approximate surface area is 149 Å². The first-order valence-corrected chi connectivity index (χ1v) is 9.11. The van der Waals surface area contributed by atoms with Gasteiger partial charge < -0.3 is 9.55 Å². The third-order valence-corrected chi connectivity index (χ3v) is 5.16. The molecule has 4 aromatic rings. The molecule has 0 bridgehead atoms. The SMILES string of the molecule is CCn1c(SCc2cccc(F)c2)nnc1-c1c[nH]c2ccccc12. The maximum atomic E-state index is 13.3. The Morgan fingerprint density at radius 3 is 2.84 bits per heavy atom. The van der Waals surface area contributed by atoms with Gasteiger partial charge in [0.05, 0.1) is 0 Å². The van der Waals surface area contributed by atoms with Crippen LogP contribution in [0.5, 0.6) is 0 Å². The molecule has 2 aromatic carbocycles. The van der Waals surface area contributed by atoms with Crippen LogP contribution in [-0.2, 0) is 12.3 Å². The number of thioether (sulfide) groups is 1. The van der Waals surface area contributed by atoms with Crippen molar-refractivity contribution in [3.05, 3.63) is 66.1 Å². The van der Waals surface area contributed by atoms with Crippen LogP contribution in [0.1, 0.15) is 12.5 Å². The first kappa shape index (κ1) is 15.9. The molecule has 1 N–H and O–H groups in total. The molecule has 0 spiro atoms. The Morgan fingerprint density at radius 2 is 2.00 bits per heavy atom. The molecule has 25 heavy (non-hydrogen) atoms. The van der Waals surface area contributed by atoms with E-state index in [0.29, 0.717) is 5.75 Å². The number of H-pyrrole nitrogens is 1. The summed E-state index contributed by atoms with van der Waals surface area (Å²) in [4.78, 5) is 3.28. The minimum Gasteiger partial charge on any atom is -0.360 e. The molecule has 0 radical (unpaired) electrons. The molecular formula is C19H17FN4S. The van der Waals surface area contributed by atoms with E-state index in [0.717, 1.165) is 39.6 Å². The van der Waals surface area contributed by atoms with Gasteiger partial charge in [-0.3, -0.25) is 0 Å². The number of rotatable bonds is 5. The monoisotopic (exact) mass is 352 g/mol. The zero-order valence-electron chi connectivity index (χ0n) is 13.7.